The molecule has 2 rings (SSSR count). The van der Waals surface area contributed by atoms with Crippen LogP contribution in [-0.4, -0.2) is 7.85 Å². The average molecular weight is 194 g/mol. The number of hydrogen-bond donors (Lipinski definition) is 0. The minimum atomic E-state index is 1.32. The summed E-state index contributed by atoms with van der Waals surface area (Å²) < 4.78 is 0. The zero-order chi connectivity index (χ0) is 10.8. The lowest BCUT2D eigenvalue weighted by molar-refractivity contribution is 1.45. The molecule has 0 aliphatic carbocycles. The van der Waals surface area contributed by atoms with E-state index in [-0.39, 0.29) is 0 Å². The Morgan fingerprint density at radius 1 is 0.867 bits per heavy atom. The summed E-state index contributed by atoms with van der Waals surface area (Å²) in [4.78, 5) is 0. The Morgan fingerprint density at radius 3 is 2.27 bits per heavy atom. The molecule has 0 aliphatic rings. The second-order valence-corrected chi connectivity index (χ2v) is 4.11. The lowest BCUT2D eigenvalue weighted by Gasteiger charge is -2.08. The zero-order valence-corrected chi connectivity index (χ0v) is 9.54. The van der Waals surface area contributed by atoms with E-state index in [9.17, 15) is 0 Å². The van der Waals surface area contributed by atoms with E-state index >= 15 is 0 Å². The summed E-state index contributed by atoms with van der Waals surface area (Å²) in [6, 6.07) is 15.2. The maximum Gasteiger partial charge on any atom is 0.139 e. The maximum atomic E-state index is 2.26. The Balaban J connectivity index is 2.55. The molecule has 0 nitrogen and oxygen atoms in total. The van der Waals surface area contributed by atoms with Crippen molar-refractivity contribution in [1.82, 2.24) is 0 Å². The predicted molar refractivity (Wildman–Crippen MR) is 69.5 cm³/mol. The van der Waals surface area contributed by atoms with E-state index in [1.807, 2.05) is 0 Å². The molecule has 1 heteroatoms. The van der Waals surface area contributed by atoms with Crippen molar-refractivity contribution in [3.8, 4) is 11.1 Å². The average Bonchev–Trinajstić information content (AvgIpc) is 2.23. The Kier molecular flexibility index (Phi) is 2.63. The van der Waals surface area contributed by atoms with Crippen LogP contribution in [0, 0.1) is 13.8 Å². The highest BCUT2D eigenvalue weighted by Gasteiger charge is 2.01. The number of rotatable bonds is 1. The van der Waals surface area contributed by atoms with Gasteiger partial charge in [0.1, 0.15) is 7.85 Å². The first-order chi connectivity index (χ1) is 7.18. The van der Waals surface area contributed by atoms with Gasteiger partial charge >= 0.3 is 0 Å². The molecule has 0 bridgehead atoms. The lowest BCUT2D eigenvalue weighted by Crippen LogP contribution is -2.06. The summed E-state index contributed by atoms with van der Waals surface area (Å²) in [5.41, 5.74) is 6.70. The molecule has 0 saturated carbocycles. The summed E-state index contributed by atoms with van der Waals surface area (Å²) in [6.45, 7) is 4.31. The van der Waals surface area contributed by atoms with E-state index in [0.29, 0.717) is 0 Å². The lowest BCUT2D eigenvalue weighted by atomic mass is 9.87. The third-order valence-corrected chi connectivity index (χ3v) is 2.96. The van der Waals surface area contributed by atoms with Gasteiger partial charge in [-0.2, -0.15) is 0 Å². The van der Waals surface area contributed by atoms with Gasteiger partial charge in [0.25, 0.3) is 0 Å². The van der Waals surface area contributed by atoms with Crippen LogP contribution in [0.4, 0.5) is 0 Å². The molecule has 0 unspecified atom stereocenters. The molecule has 0 radical (unpaired) electrons. The molecule has 2 aromatic rings. The summed E-state index contributed by atoms with van der Waals surface area (Å²) in [5, 5.41) is 0. The van der Waals surface area contributed by atoms with Crippen LogP contribution < -0.4 is 5.46 Å². The van der Waals surface area contributed by atoms with Gasteiger partial charge in [0, 0.05) is 0 Å². The minimum Gasteiger partial charge on any atom is -0.0855 e. The molecule has 0 amide bonds. The van der Waals surface area contributed by atoms with Gasteiger partial charge in [-0.05, 0) is 30.5 Å². The van der Waals surface area contributed by atoms with Crippen LogP contribution in [0.25, 0.3) is 11.1 Å². The van der Waals surface area contributed by atoms with Crippen molar-refractivity contribution in [3.63, 3.8) is 0 Å². The standard InChI is InChI=1S/C14H15B/c1-10-5-3-4-6-13(10)12-8-7-11(2)14(15)9-12/h3-9H,15H2,1-2H3. The summed E-state index contributed by atoms with van der Waals surface area (Å²) >= 11 is 0. The molecule has 74 valence electrons. The molecule has 0 spiro atoms. The first-order valence-electron chi connectivity index (χ1n) is 5.32. The molecule has 0 aromatic heterocycles. The minimum absolute atomic E-state index is 1.32. The van der Waals surface area contributed by atoms with E-state index < -0.39 is 0 Å². The van der Waals surface area contributed by atoms with Crippen molar-refractivity contribution in [2.24, 2.45) is 0 Å². The monoisotopic (exact) mass is 194 g/mol. The van der Waals surface area contributed by atoms with Gasteiger partial charge in [-0.1, -0.05) is 53.5 Å². The Labute approximate surface area is 92.4 Å². The van der Waals surface area contributed by atoms with Crippen LogP contribution in [0.2, 0.25) is 0 Å². The molecule has 15 heavy (non-hydrogen) atoms. The first-order valence-corrected chi connectivity index (χ1v) is 5.32. The van der Waals surface area contributed by atoms with E-state index in [1.165, 1.54) is 27.7 Å². The Hall–Kier alpha value is -1.50. The van der Waals surface area contributed by atoms with Crippen molar-refractivity contribution in [1.29, 1.82) is 0 Å². The molecule has 0 aliphatic heterocycles. The largest absolute Gasteiger partial charge is 0.139 e. The topological polar surface area (TPSA) is 0 Å². The summed E-state index contributed by atoms with van der Waals surface area (Å²) in [6.07, 6.45) is 0. The second-order valence-electron chi connectivity index (χ2n) is 4.11. The van der Waals surface area contributed by atoms with Crippen molar-refractivity contribution in [2.75, 3.05) is 0 Å². The summed E-state index contributed by atoms with van der Waals surface area (Å²) in [7, 11) is 2.16. The third-order valence-electron chi connectivity index (χ3n) is 2.96. The van der Waals surface area contributed by atoms with E-state index in [0.717, 1.165) is 0 Å². The number of benzene rings is 2. The predicted octanol–water partition coefficient (Wildman–Crippen LogP) is 2.23. The molecular formula is C14H15B. The molecule has 0 saturated heterocycles. The van der Waals surface area contributed by atoms with E-state index in [1.54, 1.807) is 0 Å². The molecule has 0 fully saturated rings. The van der Waals surface area contributed by atoms with E-state index in [4.69, 9.17) is 0 Å². The fourth-order valence-electron chi connectivity index (χ4n) is 1.81. The normalized spacial score (nSPS) is 10.3. The smallest absolute Gasteiger partial charge is 0.0855 e. The molecular weight excluding hydrogens is 179 g/mol. The fourth-order valence-corrected chi connectivity index (χ4v) is 1.81. The number of hydrogen-bond acceptors (Lipinski definition) is 0. The maximum absolute atomic E-state index is 2.26. The highest BCUT2D eigenvalue weighted by Crippen LogP contribution is 2.22. The third kappa shape index (κ3) is 1.96. The van der Waals surface area contributed by atoms with Crippen LogP contribution in [0.15, 0.2) is 42.5 Å². The fraction of sp³-hybridized carbons (Fsp3) is 0.143. The Morgan fingerprint density at radius 2 is 1.60 bits per heavy atom. The zero-order valence-electron chi connectivity index (χ0n) is 9.54. The van der Waals surface area contributed by atoms with Crippen molar-refractivity contribution < 1.29 is 0 Å². The first kappa shape index (κ1) is 10.0. The van der Waals surface area contributed by atoms with Crippen LogP contribution in [-0.2, 0) is 0 Å². The van der Waals surface area contributed by atoms with Gasteiger partial charge in [0.2, 0.25) is 0 Å². The van der Waals surface area contributed by atoms with Gasteiger partial charge in [0.15, 0.2) is 0 Å². The summed E-state index contributed by atoms with van der Waals surface area (Å²) in [5.74, 6) is 0. The Bertz CT molecular complexity index is 486. The number of aryl methyl sites for hydroxylation is 2. The SMILES string of the molecule is Bc1cc(-c2ccccc2C)ccc1C. The van der Waals surface area contributed by atoms with Gasteiger partial charge in [0.05, 0.1) is 0 Å². The van der Waals surface area contributed by atoms with Crippen molar-refractivity contribution in [3.05, 3.63) is 53.6 Å². The van der Waals surface area contributed by atoms with Gasteiger partial charge in [-0.3, -0.25) is 0 Å². The van der Waals surface area contributed by atoms with Crippen LogP contribution >= 0.6 is 0 Å². The highest BCUT2D eigenvalue weighted by molar-refractivity contribution is 6.33. The van der Waals surface area contributed by atoms with Crippen LogP contribution in [0.5, 0.6) is 0 Å². The van der Waals surface area contributed by atoms with E-state index in [2.05, 4.69) is 64.2 Å². The molecule has 0 N–H and O–H groups in total. The quantitative estimate of drug-likeness (QED) is 0.610. The van der Waals surface area contributed by atoms with Crippen molar-refractivity contribution >= 4 is 13.3 Å². The highest BCUT2D eigenvalue weighted by atomic mass is 14.0. The van der Waals surface area contributed by atoms with Gasteiger partial charge in [-0.15, -0.1) is 0 Å². The molecule has 0 heterocycles. The van der Waals surface area contributed by atoms with Crippen LogP contribution in [0.1, 0.15) is 11.1 Å². The second kappa shape index (κ2) is 3.94. The molecule has 2 aromatic carbocycles. The van der Waals surface area contributed by atoms with Crippen molar-refractivity contribution in [2.45, 2.75) is 13.8 Å². The van der Waals surface area contributed by atoms with Crippen LogP contribution in [0.3, 0.4) is 0 Å². The van der Waals surface area contributed by atoms with Gasteiger partial charge in [-0.25, -0.2) is 0 Å². The molecule has 0 atom stereocenters. The van der Waals surface area contributed by atoms with Gasteiger partial charge < -0.3 is 0 Å².